The number of nitrogens with zero attached hydrogens (tertiary/aromatic N) is 2. The molecule has 1 aliphatic rings. The van der Waals surface area contributed by atoms with Crippen molar-refractivity contribution in [2.75, 3.05) is 33.2 Å². The minimum atomic E-state index is -0.370. The Morgan fingerprint density at radius 3 is 2.17 bits per heavy atom. The van der Waals surface area contributed by atoms with E-state index in [-0.39, 0.29) is 17.9 Å². The zero-order chi connectivity index (χ0) is 13.7. The lowest BCUT2D eigenvalue weighted by Gasteiger charge is -2.35. The topological polar surface area (TPSA) is 52.7 Å². The molecule has 1 fully saturated rings. The first kappa shape index (κ1) is 15.0. The first-order chi connectivity index (χ1) is 8.40. The summed E-state index contributed by atoms with van der Waals surface area (Å²) in [6.45, 7) is 8.90. The molecule has 0 radical (unpaired) electrons. The molecule has 5 heteroatoms. The van der Waals surface area contributed by atoms with Crippen molar-refractivity contribution in [3.63, 3.8) is 0 Å². The largest absolute Gasteiger partial charge is 0.345 e. The van der Waals surface area contributed by atoms with Gasteiger partial charge in [0.1, 0.15) is 6.04 Å². The fraction of sp³-hybridized carbons (Fsp3) is 0.846. The zero-order valence-electron chi connectivity index (χ0n) is 11.9. The summed E-state index contributed by atoms with van der Waals surface area (Å²) in [6, 6.07) is -0.370. The molecule has 0 aliphatic carbocycles. The first-order valence-electron chi connectivity index (χ1n) is 6.64. The molecule has 1 heterocycles. The van der Waals surface area contributed by atoms with E-state index in [4.69, 9.17) is 0 Å². The van der Waals surface area contributed by atoms with Gasteiger partial charge in [-0.2, -0.15) is 0 Å². The van der Waals surface area contributed by atoms with Gasteiger partial charge in [0.15, 0.2) is 0 Å². The molecule has 0 saturated carbocycles. The number of nitrogens with one attached hydrogen (secondary N) is 1. The lowest BCUT2D eigenvalue weighted by Crippen LogP contribution is -2.54. The van der Waals surface area contributed by atoms with E-state index in [1.54, 1.807) is 0 Å². The maximum absolute atomic E-state index is 12.4. The van der Waals surface area contributed by atoms with Crippen LogP contribution in [0.25, 0.3) is 0 Å². The van der Waals surface area contributed by atoms with E-state index in [0.717, 1.165) is 26.2 Å². The van der Waals surface area contributed by atoms with Gasteiger partial charge in [-0.25, -0.2) is 0 Å². The second kappa shape index (κ2) is 6.73. The second-order valence-corrected chi connectivity index (χ2v) is 5.51. The van der Waals surface area contributed by atoms with Crippen molar-refractivity contribution in [1.29, 1.82) is 0 Å². The SMILES string of the molecule is CC(=O)N[C@@H](CC(C)C)C(=O)N1CCN(C)CC1. The maximum atomic E-state index is 12.4. The fourth-order valence-corrected chi connectivity index (χ4v) is 2.19. The van der Waals surface area contributed by atoms with Crippen molar-refractivity contribution in [2.24, 2.45) is 5.92 Å². The lowest BCUT2D eigenvalue weighted by molar-refractivity contribution is -0.137. The van der Waals surface area contributed by atoms with Gasteiger partial charge in [0.25, 0.3) is 0 Å². The van der Waals surface area contributed by atoms with Gasteiger partial charge in [-0.05, 0) is 19.4 Å². The molecule has 2 amide bonds. The standard InChI is InChI=1S/C13H25N3O2/c1-10(2)9-12(14-11(3)17)13(18)16-7-5-15(4)6-8-16/h10,12H,5-9H2,1-4H3,(H,14,17)/t12-/m0/s1. The van der Waals surface area contributed by atoms with Crippen LogP contribution in [-0.4, -0.2) is 60.9 Å². The van der Waals surface area contributed by atoms with Gasteiger partial charge in [-0.3, -0.25) is 9.59 Å². The molecule has 1 saturated heterocycles. The van der Waals surface area contributed by atoms with Crippen molar-refractivity contribution < 1.29 is 9.59 Å². The van der Waals surface area contributed by atoms with Crippen molar-refractivity contribution >= 4 is 11.8 Å². The highest BCUT2D eigenvalue weighted by Gasteiger charge is 2.27. The van der Waals surface area contributed by atoms with Gasteiger partial charge in [0, 0.05) is 33.1 Å². The van der Waals surface area contributed by atoms with Crippen LogP contribution in [0.15, 0.2) is 0 Å². The van der Waals surface area contributed by atoms with Crippen LogP contribution in [0, 0.1) is 5.92 Å². The number of carbonyl (C=O) groups excluding carboxylic acids is 2. The molecule has 0 aromatic heterocycles. The molecular weight excluding hydrogens is 230 g/mol. The Morgan fingerprint density at radius 2 is 1.72 bits per heavy atom. The van der Waals surface area contributed by atoms with Crippen LogP contribution in [-0.2, 0) is 9.59 Å². The Balaban J connectivity index is 2.60. The van der Waals surface area contributed by atoms with Crippen molar-refractivity contribution in [2.45, 2.75) is 33.2 Å². The minimum absolute atomic E-state index is 0.0620. The Labute approximate surface area is 110 Å². The number of amides is 2. The molecule has 1 aliphatic heterocycles. The number of rotatable bonds is 4. The molecule has 1 rings (SSSR count). The van der Waals surface area contributed by atoms with Crippen LogP contribution in [0.4, 0.5) is 0 Å². The monoisotopic (exact) mass is 255 g/mol. The molecule has 0 spiro atoms. The van der Waals surface area contributed by atoms with Crippen LogP contribution in [0.1, 0.15) is 27.2 Å². The predicted molar refractivity (Wildman–Crippen MR) is 71.1 cm³/mol. The molecule has 18 heavy (non-hydrogen) atoms. The zero-order valence-corrected chi connectivity index (χ0v) is 11.9. The summed E-state index contributed by atoms with van der Waals surface area (Å²) >= 11 is 0. The van der Waals surface area contributed by atoms with E-state index in [1.807, 2.05) is 4.90 Å². The number of likely N-dealkylation sites (N-methyl/N-ethyl adjacent to an activating group) is 1. The summed E-state index contributed by atoms with van der Waals surface area (Å²) < 4.78 is 0. The third kappa shape index (κ3) is 4.64. The Hall–Kier alpha value is -1.10. The van der Waals surface area contributed by atoms with Gasteiger partial charge in [-0.15, -0.1) is 0 Å². The highest BCUT2D eigenvalue weighted by molar-refractivity contribution is 5.86. The van der Waals surface area contributed by atoms with E-state index in [1.165, 1.54) is 6.92 Å². The average molecular weight is 255 g/mol. The van der Waals surface area contributed by atoms with Crippen molar-refractivity contribution in [1.82, 2.24) is 15.1 Å². The van der Waals surface area contributed by atoms with Gasteiger partial charge >= 0.3 is 0 Å². The lowest BCUT2D eigenvalue weighted by atomic mass is 10.0. The molecule has 0 bridgehead atoms. The second-order valence-electron chi connectivity index (χ2n) is 5.51. The summed E-state index contributed by atoms with van der Waals surface area (Å²) in [4.78, 5) is 27.6. The van der Waals surface area contributed by atoms with Crippen molar-refractivity contribution in [3.05, 3.63) is 0 Å². The molecule has 0 aromatic rings. The molecule has 1 N–H and O–H groups in total. The van der Waals surface area contributed by atoms with E-state index >= 15 is 0 Å². The summed E-state index contributed by atoms with van der Waals surface area (Å²) in [6.07, 6.45) is 0.699. The molecule has 0 aromatic carbocycles. The quantitative estimate of drug-likeness (QED) is 0.786. The third-order valence-corrected chi connectivity index (χ3v) is 3.20. The summed E-state index contributed by atoms with van der Waals surface area (Å²) in [5, 5.41) is 2.78. The smallest absolute Gasteiger partial charge is 0.245 e. The average Bonchev–Trinajstić information content (AvgIpc) is 2.27. The Kier molecular flexibility index (Phi) is 5.59. The highest BCUT2D eigenvalue weighted by atomic mass is 16.2. The van der Waals surface area contributed by atoms with Crippen molar-refractivity contribution in [3.8, 4) is 0 Å². The van der Waals surface area contributed by atoms with Gasteiger partial charge in [0.2, 0.25) is 11.8 Å². The van der Waals surface area contributed by atoms with Gasteiger partial charge < -0.3 is 15.1 Å². The maximum Gasteiger partial charge on any atom is 0.245 e. The molecule has 5 nitrogen and oxygen atoms in total. The molecule has 1 atom stereocenters. The van der Waals surface area contributed by atoms with E-state index in [2.05, 4.69) is 31.1 Å². The Bertz CT molecular complexity index is 297. The van der Waals surface area contributed by atoms with Crippen LogP contribution >= 0.6 is 0 Å². The van der Waals surface area contributed by atoms with Gasteiger partial charge in [-0.1, -0.05) is 13.8 Å². The third-order valence-electron chi connectivity index (χ3n) is 3.20. The number of piperazine rings is 1. The van der Waals surface area contributed by atoms with E-state index in [0.29, 0.717) is 12.3 Å². The highest BCUT2D eigenvalue weighted by Crippen LogP contribution is 2.10. The Morgan fingerprint density at radius 1 is 1.17 bits per heavy atom. The summed E-state index contributed by atoms with van der Waals surface area (Å²) in [5.74, 6) is 0.313. The number of hydrogen-bond acceptors (Lipinski definition) is 3. The van der Waals surface area contributed by atoms with Crippen LogP contribution in [0.3, 0.4) is 0 Å². The van der Waals surface area contributed by atoms with Crippen LogP contribution < -0.4 is 5.32 Å². The first-order valence-corrected chi connectivity index (χ1v) is 6.64. The minimum Gasteiger partial charge on any atom is -0.345 e. The van der Waals surface area contributed by atoms with Crippen LogP contribution in [0.5, 0.6) is 0 Å². The number of hydrogen-bond donors (Lipinski definition) is 1. The van der Waals surface area contributed by atoms with E-state index in [9.17, 15) is 9.59 Å². The van der Waals surface area contributed by atoms with Gasteiger partial charge in [0.05, 0.1) is 0 Å². The number of carbonyl (C=O) groups is 2. The molecule has 104 valence electrons. The molecular formula is C13H25N3O2. The normalized spacial score (nSPS) is 18.8. The predicted octanol–water partition coefficient (Wildman–Crippen LogP) is 0.311. The molecule has 0 unspecified atom stereocenters. The van der Waals surface area contributed by atoms with Crippen LogP contribution in [0.2, 0.25) is 0 Å². The summed E-state index contributed by atoms with van der Waals surface area (Å²) in [7, 11) is 2.06. The fourth-order valence-electron chi connectivity index (χ4n) is 2.19. The van der Waals surface area contributed by atoms with E-state index < -0.39 is 0 Å². The summed E-state index contributed by atoms with van der Waals surface area (Å²) in [5.41, 5.74) is 0.